The van der Waals surface area contributed by atoms with Crippen molar-refractivity contribution < 1.29 is 4.74 Å². The van der Waals surface area contributed by atoms with Crippen molar-refractivity contribution in [3.8, 4) is 5.75 Å². The van der Waals surface area contributed by atoms with Gasteiger partial charge in [-0.25, -0.2) is 0 Å². The van der Waals surface area contributed by atoms with Crippen LogP contribution in [0, 0.1) is 20.8 Å². The van der Waals surface area contributed by atoms with Gasteiger partial charge in [0, 0.05) is 6.54 Å². The van der Waals surface area contributed by atoms with Gasteiger partial charge in [0.05, 0.1) is 10.7 Å². The molecule has 0 atom stereocenters. The summed E-state index contributed by atoms with van der Waals surface area (Å²) in [6, 6.07) is 11.9. The van der Waals surface area contributed by atoms with E-state index in [4.69, 9.17) is 16.3 Å². The van der Waals surface area contributed by atoms with Crippen molar-refractivity contribution in [3.63, 3.8) is 0 Å². The first-order valence-corrected chi connectivity index (χ1v) is 7.15. The topological polar surface area (TPSA) is 21.3 Å². The molecule has 0 aromatic heterocycles. The summed E-state index contributed by atoms with van der Waals surface area (Å²) in [5, 5.41) is 4.01. The van der Waals surface area contributed by atoms with E-state index in [2.05, 4.69) is 38.2 Å². The molecule has 0 saturated heterocycles. The zero-order chi connectivity index (χ0) is 14.5. The molecule has 1 N–H and O–H groups in total. The van der Waals surface area contributed by atoms with Crippen LogP contribution < -0.4 is 10.1 Å². The predicted molar refractivity (Wildman–Crippen MR) is 86.1 cm³/mol. The molecule has 2 rings (SSSR count). The van der Waals surface area contributed by atoms with Gasteiger partial charge in [0.2, 0.25) is 0 Å². The van der Waals surface area contributed by atoms with E-state index in [-0.39, 0.29) is 0 Å². The number of rotatable bonds is 5. The van der Waals surface area contributed by atoms with E-state index in [9.17, 15) is 0 Å². The van der Waals surface area contributed by atoms with Crippen molar-refractivity contribution in [2.75, 3.05) is 18.5 Å². The molecule has 2 aromatic carbocycles. The molecule has 20 heavy (non-hydrogen) atoms. The third-order valence-electron chi connectivity index (χ3n) is 3.41. The van der Waals surface area contributed by atoms with E-state index in [0.717, 1.165) is 23.0 Å². The second-order valence-corrected chi connectivity index (χ2v) is 5.32. The van der Waals surface area contributed by atoms with Gasteiger partial charge >= 0.3 is 0 Å². The number of hydrogen-bond donors (Lipinski definition) is 1. The first-order valence-electron chi connectivity index (χ1n) is 6.77. The van der Waals surface area contributed by atoms with Crippen LogP contribution in [0.3, 0.4) is 0 Å². The van der Waals surface area contributed by atoms with Crippen molar-refractivity contribution in [1.82, 2.24) is 0 Å². The Labute approximate surface area is 125 Å². The van der Waals surface area contributed by atoms with Crippen molar-refractivity contribution in [1.29, 1.82) is 0 Å². The summed E-state index contributed by atoms with van der Waals surface area (Å²) < 4.78 is 5.90. The van der Waals surface area contributed by atoms with Crippen LogP contribution in [0.4, 0.5) is 5.69 Å². The minimum absolute atomic E-state index is 0.607. The lowest BCUT2D eigenvalue weighted by atomic mass is 10.1. The molecule has 0 aliphatic heterocycles. The van der Waals surface area contributed by atoms with E-state index in [1.54, 1.807) is 0 Å². The molecular formula is C17H20ClNO. The van der Waals surface area contributed by atoms with Crippen LogP contribution in [0.25, 0.3) is 0 Å². The lowest BCUT2D eigenvalue weighted by Crippen LogP contribution is -2.13. The van der Waals surface area contributed by atoms with Gasteiger partial charge in [0.25, 0.3) is 0 Å². The van der Waals surface area contributed by atoms with Crippen LogP contribution in [0.5, 0.6) is 5.75 Å². The van der Waals surface area contributed by atoms with Gasteiger partial charge in [-0.3, -0.25) is 0 Å². The highest BCUT2D eigenvalue weighted by Gasteiger charge is 2.06. The van der Waals surface area contributed by atoms with Crippen LogP contribution in [0.2, 0.25) is 5.02 Å². The number of aryl methyl sites for hydroxylation is 2. The molecule has 3 heteroatoms. The second kappa shape index (κ2) is 6.67. The fourth-order valence-electron chi connectivity index (χ4n) is 2.09. The molecule has 0 bridgehead atoms. The maximum atomic E-state index is 6.09. The molecule has 0 aliphatic rings. The molecule has 2 aromatic rings. The fraction of sp³-hybridized carbons (Fsp3) is 0.294. The van der Waals surface area contributed by atoms with E-state index in [0.29, 0.717) is 6.61 Å². The summed E-state index contributed by atoms with van der Waals surface area (Å²) in [7, 11) is 0. The molecule has 0 aliphatic carbocycles. The van der Waals surface area contributed by atoms with E-state index >= 15 is 0 Å². The Bertz CT molecular complexity index is 596. The highest BCUT2D eigenvalue weighted by atomic mass is 35.5. The first kappa shape index (κ1) is 14.7. The lowest BCUT2D eigenvalue weighted by molar-refractivity contribution is 0.328. The number of ether oxygens (including phenoxy) is 1. The first-order chi connectivity index (χ1) is 9.59. The molecule has 0 spiro atoms. The van der Waals surface area contributed by atoms with Crippen molar-refractivity contribution in [3.05, 3.63) is 58.1 Å². The highest BCUT2D eigenvalue weighted by molar-refractivity contribution is 6.33. The second-order valence-electron chi connectivity index (χ2n) is 4.91. The van der Waals surface area contributed by atoms with Gasteiger partial charge in [-0.1, -0.05) is 35.9 Å². The third kappa shape index (κ3) is 3.45. The van der Waals surface area contributed by atoms with E-state index < -0.39 is 0 Å². The van der Waals surface area contributed by atoms with Gasteiger partial charge in [-0.15, -0.1) is 0 Å². The summed E-state index contributed by atoms with van der Waals surface area (Å²) in [5.41, 5.74) is 4.58. The maximum Gasteiger partial charge on any atom is 0.125 e. The van der Waals surface area contributed by atoms with E-state index in [1.165, 1.54) is 16.7 Å². The Morgan fingerprint density at radius 2 is 1.70 bits per heavy atom. The fourth-order valence-corrected chi connectivity index (χ4v) is 2.29. The number of para-hydroxylation sites is 1. The van der Waals surface area contributed by atoms with Crippen molar-refractivity contribution in [2.24, 2.45) is 0 Å². The van der Waals surface area contributed by atoms with Crippen LogP contribution >= 0.6 is 11.6 Å². The minimum Gasteiger partial charge on any atom is -0.491 e. The zero-order valence-corrected chi connectivity index (χ0v) is 12.9. The summed E-state index contributed by atoms with van der Waals surface area (Å²) in [4.78, 5) is 0. The number of halogens is 1. The third-order valence-corrected chi connectivity index (χ3v) is 3.74. The molecule has 0 amide bonds. The summed E-state index contributed by atoms with van der Waals surface area (Å²) in [5.74, 6) is 0.992. The lowest BCUT2D eigenvalue weighted by Gasteiger charge is -2.15. The van der Waals surface area contributed by atoms with Crippen LogP contribution in [0.15, 0.2) is 36.4 Å². The van der Waals surface area contributed by atoms with E-state index in [1.807, 2.05) is 24.3 Å². The Hall–Kier alpha value is -1.67. The van der Waals surface area contributed by atoms with Gasteiger partial charge in [0.1, 0.15) is 12.4 Å². The monoisotopic (exact) mass is 289 g/mol. The summed E-state index contributed by atoms with van der Waals surface area (Å²) in [6.07, 6.45) is 0. The molecule has 0 radical (unpaired) electrons. The summed E-state index contributed by atoms with van der Waals surface area (Å²) >= 11 is 6.09. The predicted octanol–water partition coefficient (Wildman–Crippen LogP) is 4.76. The van der Waals surface area contributed by atoms with Crippen LogP contribution in [0.1, 0.15) is 16.7 Å². The Morgan fingerprint density at radius 1 is 1.00 bits per heavy atom. The minimum atomic E-state index is 0.607. The quantitative estimate of drug-likeness (QED) is 0.802. The molecule has 0 fully saturated rings. The molecule has 106 valence electrons. The molecule has 2 nitrogen and oxygen atoms in total. The smallest absolute Gasteiger partial charge is 0.125 e. The molecule has 0 saturated carbocycles. The van der Waals surface area contributed by atoms with Gasteiger partial charge < -0.3 is 10.1 Å². The number of hydrogen-bond acceptors (Lipinski definition) is 2. The number of benzene rings is 2. The molecule has 0 heterocycles. The highest BCUT2D eigenvalue weighted by Crippen LogP contribution is 2.25. The summed E-state index contributed by atoms with van der Waals surface area (Å²) in [6.45, 7) is 7.60. The Balaban J connectivity index is 1.91. The number of nitrogens with one attached hydrogen (secondary N) is 1. The average Bonchev–Trinajstić information content (AvgIpc) is 2.44. The van der Waals surface area contributed by atoms with Crippen LogP contribution in [-0.4, -0.2) is 13.2 Å². The normalized spacial score (nSPS) is 10.4. The van der Waals surface area contributed by atoms with Crippen molar-refractivity contribution in [2.45, 2.75) is 20.8 Å². The van der Waals surface area contributed by atoms with Crippen molar-refractivity contribution >= 4 is 17.3 Å². The Kier molecular flexibility index (Phi) is 4.91. The number of anilines is 1. The largest absolute Gasteiger partial charge is 0.491 e. The Morgan fingerprint density at radius 3 is 2.45 bits per heavy atom. The molecule has 0 unspecified atom stereocenters. The van der Waals surface area contributed by atoms with Gasteiger partial charge in [-0.05, 0) is 49.6 Å². The standard InChI is InChI=1S/C17H20ClNO/c1-12-8-9-13(2)17(14(12)3)20-11-10-19-16-7-5-4-6-15(16)18/h4-9,19H,10-11H2,1-3H3. The average molecular weight is 290 g/mol. The zero-order valence-electron chi connectivity index (χ0n) is 12.2. The SMILES string of the molecule is Cc1ccc(C)c(OCCNc2ccccc2Cl)c1C. The maximum absolute atomic E-state index is 6.09. The van der Waals surface area contributed by atoms with Crippen LogP contribution in [-0.2, 0) is 0 Å². The van der Waals surface area contributed by atoms with Gasteiger partial charge in [0.15, 0.2) is 0 Å². The molecular weight excluding hydrogens is 270 g/mol. The van der Waals surface area contributed by atoms with Gasteiger partial charge in [-0.2, -0.15) is 0 Å².